The molecule has 2 unspecified atom stereocenters. The molecule has 1 rings (SSSR count). The Kier molecular flexibility index (Phi) is 11.9. The number of carbonyl (C=O) groups excluding carboxylic acids is 3. The summed E-state index contributed by atoms with van der Waals surface area (Å²) in [5.74, 6) is -2.13. The van der Waals surface area contributed by atoms with E-state index in [-0.39, 0.29) is 12.8 Å². The van der Waals surface area contributed by atoms with E-state index < -0.39 is 24.0 Å². The van der Waals surface area contributed by atoms with Crippen molar-refractivity contribution in [2.24, 2.45) is 5.92 Å². The largest absolute Gasteiger partial charge is 0.393 e. The van der Waals surface area contributed by atoms with Gasteiger partial charge in [-0.2, -0.15) is 0 Å². The van der Waals surface area contributed by atoms with E-state index in [1.807, 2.05) is 0 Å². The molecule has 0 aromatic heterocycles. The molecule has 5 heteroatoms. The minimum absolute atomic E-state index is 0.102. The summed E-state index contributed by atoms with van der Waals surface area (Å²) in [6, 6.07) is 0. The molecule has 1 saturated heterocycles. The summed E-state index contributed by atoms with van der Waals surface area (Å²) in [4.78, 5) is 33.9. The molecule has 1 aliphatic rings. The summed E-state index contributed by atoms with van der Waals surface area (Å²) in [6.07, 6.45) is 13.7. The van der Waals surface area contributed by atoms with Crippen LogP contribution in [0.25, 0.3) is 0 Å². The van der Waals surface area contributed by atoms with E-state index in [4.69, 9.17) is 0 Å². The number of aldehydes is 1. The molecule has 1 aliphatic heterocycles. The first-order valence-electron chi connectivity index (χ1n) is 10.7. The molecule has 2 atom stereocenters. The number of carbonyl (C=O) groups is 3. The summed E-state index contributed by atoms with van der Waals surface area (Å²) in [5, 5.41) is 10.1. The van der Waals surface area contributed by atoms with Crippen LogP contribution in [0.15, 0.2) is 46.6 Å². The van der Waals surface area contributed by atoms with E-state index in [1.54, 1.807) is 6.08 Å². The van der Waals surface area contributed by atoms with Gasteiger partial charge in [0.05, 0.1) is 18.4 Å². The van der Waals surface area contributed by atoms with Gasteiger partial charge >= 0.3 is 11.9 Å². The summed E-state index contributed by atoms with van der Waals surface area (Å²) in [7, 11) is 0. The highest BCUT2D eigenvalue weighted by Gasteiger charge is 2.38. The minimum atomic E-state index is -1.01. The van der Waals surface area contributed by atoms with E-state index >= 15 is 0 Å². The van der Waals surface area contributed by atoms with Gasteiger partial charge in [0.1, 0.15) is 6.29 Å². The Bertz CT molecular complexity index is 720. The number of aliphatic hydroxyl groups is 1. The van der Waals surface area contributed by atoms with Gasteiger partial charge in [-0.3, -0.25) is 14.4 Å². The van der Waals surface area contributed by atoms with Crippen molar-refractivity contribution in [2.75, 3.05) is 0 Å². The predicted molar refractivity (Wildman–Crippen MR) is 119 cm³/mol. The third kappa shape index (κ3) is 10.5. The Morgan fingerprint density at radius 3 is 2.03 bits per heavy atom. The van der Waals surface area contributed by atoms with Gasteiger partial charge in [0, 0.05) is 0 Å². The lowest BCUT2D eigenvalue weighted by Crippen LogP contribution is -2.23. The van der Waals surface area contributed by atoms with Crippen LogP contribution >= 0.6 is 0 Å². The molecule has 0 spiro atoms. The summed E-state index contributed by atoms with van der Waals surface area (Å²) < 4.78 is 4.45. The molecule has 1 fully saturated rings. The summed E-state index contributed by atoms with van der Waals surface area (Å²) in [6.45, 7) is 8.51. The lowest BCUT2D eigenvalue weighted by Gasteiger charge is -2.11. The van der Waals surface area contributed by atoms with E-state index in [2.05, 4.69) is 50.7 Å². The SMILES string of the molecule is CC(C)=CCCC(C)=CCCC(C)=CCCC(C=O)=CCC(O)C1CC(=O)OC1=O. The number of rotatable bonds is 13. The Labute approximate surface area is 180 Å². The number of aliphatic hydroxyl groups excluding tert-OH is 1. The quantitative estimate of drug-likeness (QED) is 0.148. The molecule has 0 saturated carbocycles. The monoisotopic (exact) mass is 416 g/mol. The molecular formula is C25H36O5. The number of allylic oxidation sites excluding steroid dienone is 7. The first-order valence-corrected chi connectivity index (χ1v) is 10.7. The van der Waals surface area contributed by atoms with Crippen LogP contribution in [0.1, 0.15) is 79.1 Å². The standard InChI is InChI=1S/C25H36O5/c1-18(2)8-5-9-19(3)10-6-11-20(4)12-7-13-21(17-26)14-15-23(27)22-16-24(28)30-25(22)29/h8,10,12,14,17,22-23,27H,5-7,9,11,13,15-16H2,1-4H3. The first-order chi connectivity index (χ1) is 14.2. The molecule has 5 nitrogen and oxygen atoms in total. The maximum atomic E-state index is 11.5. The third-order valence-corrected chi connectivity index (χ3v) is 5.19. The molecule has 1 heterocycles. The average Bonchev–Trinajstić information content (AvgIpc) is 3.02. The number of esters is 2. The van der Waals surface area contributed by atoms with Gasteiger partial charge in [-0.25, -0.2) is 0 Å². The van der Waals surface area contributed by atoms with Gasteiger partial charge in [-0.05, 0) is 78.2 Å². The second-order valence-electron chi connectivity index (χ2n) is 8.30. The van der Waals surface area contributed by atoms with Crippen LogP contribution in [0.2, 0.25) is 0 Å². The van der Waals surface area contributed by atoms with E-state index in [0.717, 1.165) is 38.4 Å². The third-order valence-electron chi connectivity index (χ3n) is 5.19. The Morgan fingerprint density at radius 2 is 1.53 bits per heavy atom. The maximum Gasteiger partial charge on any atom is 0.319 e. The zero-order valence-electron chi connectivity index (χ0n) is 18.8. The van der Waals surface area contributed by atoms with E-state index in [1.165, 1.54) is 16.7 Å². The van der Waals surface area contributed by atoms with Gasteiger partial charge in [0.2, 0.25) is 0 Å². The molecule has 0 amide bonds. The molecule has 0 aliphatic carbocycles. The highest BCUT2D eigenvalue weighted by Crippen LogP contribution is 2.22. The maximum absolute atomic E-state index is 11.5. The molecular weight excluding hydrogens is 380 g/mol. The van der Waals surface area contributed by atoms with Crippen molar-refractivity contribution < 1.29 is 24.2 Å². The van der Waals surface area contributed by atoms with Crippen LogP contribution in [0.3, 0.4) is 0 Å². The van der Waals surface area contributed by atoms with Crippen molar-refractivity contribution >= 4 is 18.2 Å². The van der Waals surface area contributed by atoms with Gasteiger partial charge in [0.25, 0.3) is 0 Å². The Hall–Kier alpha value is -2.27. The summed E-state index contributed by atoms with van der Waals surface area (Å²) >= 11 is 0. The van der Waals surface area contributed by atoms with E-state index in [0.29, 0.717) is 12.0 Å². The topological polar surface area (TPSA) is 80.7 Å². The molecule has 1 N–H and O–H groups in total. The molecule has 0 radical (unpaired) electrons. The fraction of sp³-hybridized carbons (Fsp3) is 0.560. The number of hydrogen-bond donors (Lipinski definition) is 1. The van der Waals surface area contributed by atoms with Crippen molar-refractivity contribution in [1.82, 2.24) is 0 Å². The van der Waals surface area contributed by atoms with Crippen molar-refractivity contribution in [3.05, 3.63) is 46.6 Å². The van der Waals surface area contributed by atoms with Gasteiger partial charge in [-0.15, -0.1) is 0 Å². The molecule has 0 bridgehead atoms. The number of hydrogen-bond acceptors (Lipinski definition) is 5. The van der Waals surface area contributed by atoms with E-state index in [9.17, 15) is 19.5 Å². The number of cyclic esters (lactones) is 2. The smallest absolute Gasteiger partial charge is 0.319 e. The first kappa shape index (κ1) is 25.8. The highest BCUT2D eigenvalue weighted by atomic mass is 16.6. The lowest BCUT2D eigenvalue weighted by molar-refractivity contribution is -0.154. The molecule has 0 aromatic rings. The van der Waals surface area contributed by atoms with Crippen LogP contribution < -0.4 is 0 Å². The Balaban J connectivity index is 2.37. The second kappa shape index (κ2) is 13.9. The number of ether oxygens (including phenoxy) is 1. The van der Waals surface area contributed by atoms with Crippen LogP contribution in [0.4, 0.5) is 0 Å². The fourth-order valence-electron chi connectivity index (χ4n) is 3.26. The van der Waals surface area contributed by atoms with Crippen molar-refractivity contribution in [1.29, 1.82) is 0 Å². The predicted octanol–water partition coefficient (Wildman–Crippen LogP) is 5.15. The van der Waals surface area contributed by atoms with Crippen molar-refractivity contribution in [2.45, 2.75) is 85.2 Å². The second-order valence-corrected chi connectivity index (χ2v) is 8.30. The lowest BCUT2D eigenvalue weighted by atomic mass is 9.96. The average molecular weight is 417 g/mol. The van der Waals surface area contributed by atoms with Crippen LogP contribution in [0, 0.1) is 5.92 Å². The van der Waals surface area contributed by atoms with Gasteiger partial charge < -0.3 is 9.84 Å². The van der Waals surface area contributed by atoms with Gasteiger partial charge in [0.15, 0.2) is 0 Å². The normalized spacial score (nSPS) is 19.0. The van der Waals surface area contributed by atoms with Crippen molar-refractivity contribution in [3.63, 3.8) is 0 Å². The molecule has 30 heavy (non-hydrogen) atoms. The minimum Gasteiger partial charge on any atom is -0.393 e. The highest BCUT2D eigenvalue weighted by molar-refractivity contribution is 5.94. The van der Waals surface area contributed by atoms with Gasteiger partial charge in [-0.1, -0.05) is 41.0 Å². The van der Waals surface area contributed by atoms with Crippen molar-refractivity contribution in [3.8, 4) is 0 Å². The molecule has 166 valence electrons. The zero-order chi connectivity index (χ0) is 22.5. The van der Waals surface area contributed by atoms with Crippen LogP contribution in [0.5, 0.6) is 0 Å². The van der Waals surface area contributed by atoms with Crippen LogP contribution in [-0.4, -0.2) is 29.4 Å². The zero-order valence-corrected chi connectivity index (χ0v) is 18.8. The molecule has 0 aromatic carbocycles. The fourth-order valence-corrected chi connectivity index (χ4v) is 3.26. The summed E-state index contributed by atoms with van der Waals surface area (Å²) in [5.41, 5.74) is 4.65. The van der Waals surface area contributed by atoms with Crippen LogP contribution in [-0.2, 0) is 19.1 Å². The Morgan fingerprint density at radius 1 is 0.967 bits per heavy atom.